The van der Waals surface area contributed by atoms with Gasteiger partial charge in [0.1, 0.15) is 12.4 Å². The third kappa shape index (κ3) is 3.57. The van der Waals surface area contributed by atoms with Gasteiger partial charge in [0.25, 0.3) is 0 Å². The SMILES string of the molecule is C#CCOc1cccc(-c2noc(C3CCCN(C(=O)C4CC4)C3)n2)c1. The molecular formula is C20H21N3O3. The highest BCUT2D eigenvalue weighted by molar-refractivity contribution is 5.81. The van der Waals surface area contributed by atoms with Crippen LogP contribution in [0.25, 0.3) is 11.4 Å². The number of hydrogen-bond acceptors (Lipinski definition) is 5. The molecule has 1 aliphatic heterocycles. The fraction of sp³-hybridized carbons (Fsp3) is 0.450. The van der Waals surface area contributed by atoms with Crippen molar-refractivity contribution >= 4 is 5.91 Å². The van der Waals surface area contributed by atoms with E-state index in [-0.39, 0.29) is 24.3 Å². The standard InChI is InChI=1S/C20H21N3O3/c1-2-11-25-17-7-3-5-15(12-17)18-21-19(26-22-18)16-6-4-10-23(13-16)20(24)14-8-9-14/h1,3,5,7,12,14,16H,4,6,8-11,13H2. The number of piperidine rings is 1. The minimum absolute atomic E-state index is 0.105. The molecule has 0 spiro atoms. The number of nitrogens with zero attached hydrogens (tertiary/aromatic N) is 3. The predicted molar refractivity (Wildman–Crippen MR) is 95.3 cm³/mol. The van der Waals surface area contributed by atoms with Gasteiger partial charge in [-0.05, 0) is 37.8 Å². The van der Waals surface area contributed by atoms with Gasteiger partial charge in [-0.3, -0.25) is 4.79 Å². The molecular weight excluding hydrogens is 330 g/mol. The van der Waals surface area contributed by atoms with Crippen molar-refractivity contribution in [1.82, 2.24) is 15.0 Å². The molecule has 1 atom stereocenters. The number of benzene rings is 1. The lowest BCUT2D eigenvalue weighted by Gasteiger charge is -2.31. The largest absolute Gasteiger partial charge is 0.481 e. The first-order chi connectivity index (χ1) is 12.7. The summed E-state index contributed by atoms with van der Waals surface area (Å²) in [5.41, 5.74) is 0.816. The molecule has 0 bridgehead atoms. The van der Waals surface area contributed by atoms with Gasteiger partial charge >= 0.3 is 0 Å². The Kier molecular flexibility index (Phi) is 4.61. The van der Waals surface area contributed by atoms with Crippen LogP contribution in [0.3, 0.4) is 0 Å². The lowest BCUT2D eigenvalue weighted by Crippen LogP contribution is -2.40. The fourth-order valence-electron chi connectivity index (χ4n) is 3.34. The zero-order valence-corrected chi connectivity index (χ0v) is 14.6. The van der Waals surface area contributed by atoms with Crippen molar-refractivity contribution in [2.75, 3.05) is 19.7 Å². The van der Waals surface area contributed by atoms with Crippen molar-refractivity contribution < 1.29 is 14.1 Å². The number of rotatable bonds is 5. The highest BCUT2D eigenvalue weighted by Crippen LogP contribution is 2.34. The number of aromatic nitrogens is 2. The number of likely N-dealkylation sites (tertiary alicyclic amines) is 1. The van der Waals surface area contributed by atoms with Gasteiger partial charge in [-0.15, -0.1) is 6.42 Å². The normalized spacial score (nSPS) is 19.8. The molecule has 1 saturated heterocycles. The molecule has 1 amide bonds. The molecule has 1 aromatic carbocycles. The first kappa shape index (κ1) is 16.6. The summed E-state index contributed by atoms with van der Waals surface area (Å²) in [5.74, 6) is 4.88. The highest BCUT2D eigenvalue weighted by Gasteiger charge is 2.36. The van der Waals surface area contributed by atoms with Crippen LogP contribution in [-0.4, -0.2) is 40.6 Å². The van der Waals surface area contributed by atoms with Crippen LogP contribution in [-0.2, 0) is 4.79 Å². The molecule has 0 N–H and O–H groups in total. The minimum atomic E-state index is 0.105. The smallest absolute Gasteiger partial charge is 0.231 e. The number of hydrogen-bond donors (Lipinski definition) is 0. The Labute approximate surface area is 152 Å². The van der Waals surface area contributed by atoms with E-state index in [1.165, 1.54) is 0 Å². The van der Waals surface area contributed by atoms with E-state index in [9.17, 15) is 4.79 Å². The van der Waals surface area contributed by atoms with Crippen molar-refractivity contribution in [3.05, 3.63) is 30.2 Å². The van der Waals surface area contributed by atoms with Crippen molar-refractivity contribution in [3.63, 3.8) is 0 Å². The fourth-order valence-corrected chi connectivity index (χ4v) is 3.34. The molecule has 2 heterocycles. The van der Waals surface area contributed by atoms with Crippen molar-refractivity contribution in [3.8, 4) is 29.5 Å². The van der Waals surface area contributed by atoms with Crippen LogP contribution < -0.4 is 4.74 Å². The Hall–Kier alpha value is -2.81. The van der Waals surface area contributed by atoms with E-state index in [0.29, 0.717) is 24.0 Å². The summed E-state index contributed by atoms with van der Waals surface area (Å²) in [7, 11) is 0. The summed E-state index contributed by atoms with van der Waals surface area (Å²) in [6.07, 6.45) is 9.21. The van der Waals surface area contributed by atoms with E-state index in [1.54, 1.807) is 0 Å². The predicted octanol–water partition coefficient (Wildman–Crippen LogP) is 2.86. The van der Waals surface area contributed by atoms with Gasteiger partial charge in [-0.25, -0.2) is 0 Å². The zero-order valence-electron chi connectivity index (χ0n) is 14.6. The Morgan fingerprint density at radius 3 is 3.08 bits per heavy atom. The van der Waals surface area contributed by atoms with Crippen molar-refractivity contribution in [2.24, 2.45) is 5.92 Å². The maximum Gasteiger partial charge on any atom is 0.231 e. The molecule has 4 rings (SSSR count). The molecule has 2 fully saturated rings. The second-order valence-electron chi connectivity index (χ2n) is 6.87. The third-order valence-electron chi connectivity index (χ3n) is 4.87. The second kappa shape index (κ2) is 7.20. The van der Waals surface area contributed by atoms with Crippen LogP contribution in [0.4, 0.5) is 0 Å². The molecule has 6 heteroatoms. The van der Waals surface area contributed by atoms with Crippen LogP contribution >= 0.6 is 0 Å². The maximum absolute atomic E-state index is 12.3. The van der Waals surface area contributed by atoms with E-state index in [4.69, 9.17) is 15.7 Å². The topological polar surface area (TPSA) is 68.5 Å². The Balaban J connectivity index is 1.47. The Bertz CT molecular complexity index is 835. The van der Waals surface area contributed by atoms with Crippen LogP contribution in [0.15, 0.2) is 28.8 Å². The van der Waals surface area contributed by atoms with Gasteiger partial charge in [-0.2, -0.15) is 4.98 Å². The number of ether oxygens (including phenoxy) is 1. The van der Waals surface area contributed by atoms with Crippen molar-refractivity contribution in [2.45, 2.75) is 31.6 Å². The van der Waals surface area contributed by atoms with Gasteiger partial charge in [0, 0.05) is 24.6 Å². The van der Waals surface area contributed by atoms with E-state index in [1.807, 2.05) is 29.2 Å². The summed E-state index contributed by atoms with van der Waals surface area (Å²) in [4.78, 5) is 18.8. The molecule has 1 aliphatic carbocycles. The molecule has 6 nitrogen and oxygen atoms in total. The molecule has 1 aromatic heterocycles. The lowest BCUT2D eigenvalue weighted by atomic mass is 9.97. The average Bonchev–Trinajstić information content (AvgIpc) is 3.42. The first-order valence-electron chi connectivity index (χ1n) is 9.03. The molecule has 2 aromatic rings. The van der Waals surface area contributed by atoms with Crippen LogP contribution in [0.1, 0.15) is 37.5 Å². The Morgan fingerprint density at radius 2 is 2.27 bits per heavy atom. The summed E-state index contributed by atoms with van der Waals surface area (Å²) in [6.45, 7) is 1.72. The quantitative estimate of drug-likeness (QED) is 0.775. The maximum atomic E-state index is 12.3. The monoisotopic (exact) mass is 351 g/mol. The van der Waals surface area contributed by atoms with E-state index >= 15 is 0 Å². The number of amides is 1. The summed E-state index contributed by atoms with van der Waals surface area (Å²) in [6, 6.07) is 7.45. The average molecular weight is 351 g/mol. The molecule has 134 valence electrons. The number of carbonyl (C=O) groups is 1. The van der Waals surface area contributed by atoms with Gasteiger partial charge in [0.05, 0.1) is 5.92 Å². The summed E-state index contributed by atoms with van der Waals surface area (Å²) in [5, 5.41) is 4.11. The number of carbonyl (C=O) groups excluding carboxylic acids is 1. The Morgan fingerprint density at radius 1 is 1.38 bits per heavy atom. The highest BCUT2D eigenvalue weighted by atomic mass is 16.5. The molecule has 1 saturated carbocycles. The van der Waals surface area contributed by atoms with Gasteiger partial charge in [-0.1, -0.05) is 23.2 Å². The first-order valence-corrected chi connectivity index (χ1v) is 9.03. The van der Waals surface area contributed by atoms with Gasteiger partial charge in [0.15, 0.2) is 0 Å². The van der Waals surface area contributed by atoms with E-state index < -0.39 is 0 Å². The lowest BCUT2D eigenvalue weighted by molar-refractivity contribution is -0.133. The van der Waals surface area contributed by atoms with Gasteiger partial charge < -0.3 is 14.2 Å². The summed E-state index contributed by atoms with van der Waals surface area (Å²) < 4.78 is 11.0. The number of terminal acetylenes is 1. The molecule has 26 heavy (non-hydrogen) atoms. The van der Waals surface area contributed by atoms with Gasteiger partial charge in [0.2, 0.25) is 17.6 Å². The van der Waals surface area contributed by atoms with E-state index in [0.717, 1.165) is 37.8 Å². The molecule has 1 unspecified atom stereocenters. The molecule has 0 radical (unpaired) electrons. The van der Waals surface area contributed by atoms with E-state index in [2.05, 4.69) is 16.1 Å². The van der Waals surface area contributed by atoms with Crippen molar-refractivity contribution in [1.29, 1.82) is 0 Å². The third-order valence-corrected chi connectivity index (χ3v) is 4.87. The zero-order chi connectivity index (χ0) is 17.9. The minimum Gasteiger partial charge on any atom is -0.481 e. The van der Waals surface area contributed by atoms with Crippen LogP contribution in [0, 0.1) is 18.3 Å². The molecule has 2 aliphatic rings. The van der Waals surface area contributed by atoms with Crippen LogP contribution in [0.5, 0.6) is 5.75 Å². The summed E-state index contributed by atoms with van der Waals surface area (Å²) >= 11 is 0. The second-order valence-corrected chi connectivity index (χ2v) is 6.87. The van der Waals surface area contributed by atoms with Crippen LogP contribution in [0.2, 0.25) is 0 Å².